The molecule has 0 saturated carbocycles. The normalized spacial score (nSPS) is 21.0. The molecule has 1 aliphatic heterocycles. The molecule has 0 bridgehead atoms. The molecule has 0 aromatic carbocycles. The molecule has 1 saturated heterocycles. The van der Waals surface area contributed by atoms with Gasteiger partial charge in [-0.05, 0) is 32.8 Å². The van der Waals surface area contributed by atoms with Gasteiger partial charge < -0.3 is 9.64 Å². The number of rotatable bonds is 0. The summed E-state index contributed by atoms with van der Waals surface area (Å²) in [5.41, 5.74) is -0.716. The second kappa shape index (κ2) is 4.63. The lowest BCUT2D eigenvalue weighted by Gasteiger charge is -2.26. The fraction of sp³-hybridized carbons (Fsp3) is 0.750. The summed E-state index contributed by atoms with van der Waals surface area (Å²) in [5.74, 6) is -2.88. The van der Waals surface area contributed by atoms with Crippen LogP contribution in [0.3, 0.4) is 0 Å². The highest BCUT2D eigenvalue weighted by molar-refractivity contribution is 5.68. The third kappa shape index (κ3) is 3.98. The monoisotopic (exact) mass is 247 g/mol. The second-order valence-corrected chi connectivity index (χ2v) is 5.28. The Bertz CT molecular complexity index is 321. The third-order valence-electron chi connectivity index (χ3n) is 2.55. The molecular weight excluding hydrogens is 228 g/mol. The van der Waals surface area contributed by atoms with E-state index in [1.54, 1.807) is 20.8 Å². The fourth-order valence-corrected chi connectivity index (χ4v) is 1.53. The second-order valence-electron chi connectivity index (χ2n) is 5.28. The van der Waals surface area contributed by atoms with Gasteiger partial charge in [-0.3, -0.25) is 0 Å². The summed E-state index contributed by atoms with van der Waals surface area (Å²) >= 11 is 0. The van der Waals surface area contributed by atoms with E-state index < -0.39 is 17.6 Å². The van der Waals surface area contributed by atoms with E-state index in [0.29, 0.717) is 0 Å². The number of likely N-dealkylation sites (tertiary alicyclic amines) is 1. The fourth-order valence-electron chi connectivity index (χ4n) is 1.53. The molecule has 0 unspecified atom stereocenters. The van der Waals surface area contributed by atoms with Crippen molar-refractivity contribution in [2.75, 3.05) is 13.1 Å². The molecule has 5 heteroatoms. The van der Waals surface area contributed by atoms with E-state index >= 15 is 0 Å². The molecule has 17 heavy (non-hydrogen) atoms. The molecule has 1 heterocycles. The smallest absolute Gasteiger partial charge is 0.410 e. The highest BCUT2D eigenvalue weighted by atomic mass is 19.3. The first kappa shape index (κ1) is 13.9. The topological polar surface area (TPSA) is 29.5 Å². The number of nitrogens with zero attached hydrogens (tertiary/aromatic N) is 1. The van der Waals surface area contributed by atoms with Crippen LogP contribution in [-0.4, -0.2) is 35.6 Å². The Morgan fingerprint density at radius 2 is 2.00 bits per heavy atom. The molecule has 98 valence electrons. The number of amides is 1. The Morgan fingerprint density at radius 1 is 1.41 bits per heavy atom. The van der Waals surface area contributed by atoms with Gasteiger partial charge >= 0.3 is 6.09 Å². The van der Waals surface area contributed by atoms with E-state index in [0.717, 1.165) is 0 Å². The molecule has 1 fully saturated rings. The van der Waals surface area contributed by atoms with Gasteiger partial charge in [0.1, 0.15) is 5.60 Å². The number of carbonyl (C=O) groups is 1. The van der Waals surface area contributed by atoms with Gasteiger partial charge in [0.15, 0.2) is 0 Å². The molecule has 0 spiro atoms. The average Bonchev–Trinajstić information content (AvgIpc) is 2.25. The number of alkyl halides is 2. The first-order chi connectivity index (χ1) is 7.62. The third-order valence-corrected chi connectivity index (χ3v) is 2.55. The Kier molecular flexibility index (Phi) is 3.79. The summed E-state index contributed by atoms with van der Waals surface area (Å²) in [6.45, 7) is 8.85. The SMILES string of the molecule is C=C1CCN(C(=O)OC(C)(C)C)CCC1(F)F. The van der Waals surface area contributed by atoms with Crippen molar-refractivity contribution < 1.29 is 18.3 Å². The minimum atomic E-state index is -2.88. The van der Waals surface area contributed by atoms with E-state index in [1.165, 1.54) is 4.90 Å². The lowest BCUT2D eigenvalue weighted by molar-refractivity contribution is 0.0142. The molecule has 1 aliphatic rings. The molecule has 0 aromatic rings. The zero-order valence-electron chi connectivity index (χ0n) is 10.6. The Hall–Kier alpha value is -1.13. The summed E-state index contributed by atoms with van der Waals surface area (Å²) in [7, 11) is 0. The Morgan fingerprint density at radius 3 is 2.53 bits per heavy atom. The van der Waals surface area contributed by atoms with Crippen LogP contribution in [0.1, 0.15) is 33.6 Å². The lowest BCUT2D eigenvalue weighted by atomic mass is 10.1. The standard InChI is InChI=1S/C12H19F2NO2/c1-9-5-7-15(8-6-12(9,13)14)10(16)17-11(2,3)4/h1,5-8H2,2-4H3. The average molecular weight is 247 g/mol. The quantitative estimate of drug-likeness (QED) is 0.615. The number of carbonyl (C=O) groups excluding carboxylic acids is 1. The van der Waals surface area contributed by atoms with Gasteiger partial charge in [0.25, 0.3) is 5.92 Å². The maximum atomic E-state index is 13.4. The van der Waals surface area contributed by atoms with Crippen molar-refractivity contribution >= 4 is 6.09 Å². The molecule has 0 N–H and O–H groups in total. The van der Waals surface area contributed by atoms with Crippen LogP contribution in [0, 0.1) is 0 Å². The van der Waals surface area contributed by atoms with E-state index in [1.807, 2.05) is 0 Å². The van der Waals surface area contributed by atoms with Gasteiger partial charge in [-0.1, -0.05) is 6.58 Å². The van der Waals surface area contributed by atoms with Crippen molar-refractivity contribution in [3.05, 3.63) is 12.2 Å². The molecule has 0 aliphatic carbocycles. The van der Waals surface area contributed by atoms with E-state index in [4.69, 9.17) is 4.74 Å². The van der Waals surface area contributed by atoms with E-state index in [2.05, 4.69) is 6.58 Å². The number of hydrogen-bond acceptors (Lipinski definition) is 2. The highest BCUT2D eigenvalue weighted by Crippen LogP contribution is 2.32. The molecule has 0 radical (unpaired) electrons. The largest absolute Gasteiger partial charge is 0.444 e. The number of ether oxygens (including phenoxy) is 1. The Balaban J connectivity index is 2.63. The molecule has 1 amide bonds. The van der Waals surface area contributed by atoms with Crippen LogP contribution in [0.25, 0.3) is 0 Å². The van der Waals surface area contributed by atoms with Gasteiger partial charge in [-0.25, -0.2) is 13.6 Å². The minimum Gasteiger partial charge on any atom is -0.444 e. The van der Waals surface area contributed by atoms with Crippen LogP contribution >= 0.6 is 0 Å². The van der Waals surface area contributed by atoms with E-state index in [-0.39, 0.29) is 31.5 Å². The minimum absolute atomic E-state index is 0.000926. The van der Waals surface area contributed by atoms with Crippen molar-refractivity contribution in [2.24, 2.45) is 0 Å². The molecule has 1 rings (SSSR count). The highest BCUT2D eigenvalue weighted by Gasteiger charge is 2.37. The summed E-state index contributed by atoms with van der Waals surface area (Å²) in [6, 6.07) is 0. The van der Waals surface area contributed by atoms with Crippen molar-refractivity contribution in [3.8, 4) is 0 Å². The van der Waals surface area contributed by atoms with Crippen molar-refractivity contribution in [1.29, 1.82) is 0 Å². The van der Waals surface area contributed by atoms with Crippen LogP contribution in [-0.2, 0) is 4.74 Å². The van der Waals surface area contributed by atoms with Gasteiger partial charge in [-0.2, -0.15) is 0 Å². The number of halogens is 2. The van der Waals surface area contributed by atoms with Crippen LogP contribution in [0.5, 0.6) is 0 Å². The summed E-state index contributed by atoms with van der Waals surface area (Å²) in [4.78, 5) is 13.0. The maximum absolute atomic E-state index is 13.4. The number of hydrogen-bond donors (Lipinski definition) is 0. The van der Waals surface area contributed by atoms with Crippen molar-refractivity contribution in [2.45, 2.75) is 45.1 Å². The first-order valence-electron chi connectivity index (χ1n) is 5.66. The molecule has 0 aromatic heterocycles. The van der Waals surface area contributed by atoms with Crippen LogP contribution < -0.4 is 0 Å². The predicted octanol–water partition coefficient (Wildman–Crippen LogP) is 3.21. The molecule has 0 atom stereocenters. The first-order valence-corrected chi connectivity index (χ1v) is 5.66. The zero-order chi connectivity index (χ0) is 13.3. The van der Waals surface area contributed by atoms with Gasteiger partial charge in [0, 0.05) is 19.5 Å². The summed E-state index contributed by atoms with van der Waals surface area (Å²) in [5, 5.41) is 0. The molecule has 3 nitrogen and oxygen atoms in total. The van der Waals surface area contributed by atoms with Crippen molar-refractivity contribution in [3.63, 3.8) is 0 Å². The predicted molar refractivity (Wildman–Crippen MR) is 61.1 cm³/mol. The van der Waals surface area contributed by atoms with Crippen molar-refractivity contribution in [1.82, 2.24) is 4.90 Å². The Labute approximate surface area is 100 Å². The summed E-state index contributed by atoms with van der Waals surface area (Å²) < 4.78 is 31.9. The summed E-state index contributed by atoms with van der Waals surface area (Å²) in [6.07, 6.45) is -0.805. The zero-order valence-corrected chi connectivity index (χ0v) is 10.6. The van der Waals surface area contributed by atoms with Gasteiger partial charge in [0.2, 0.25) is 0 Å². The van der Waals surface area contributed by atoms with Crippen LogP contribution in [0.4, 0.5) is 13.6 Å². The van der Waals surface area contributed by atoms with Crippen LogP contribution in [0.15, 0.2) is 12.2 Å². The molecular formula is C12H19F2NO2. The van der Waals surface area contributed by atoms with Gasteiger partial charge in [0.05, 0.1) is 0 Å². The maximum Gasteiger partial charge on any atom is 0.410 e. The lowest BCUT2D eigenvalue weighted by Crippen LogP contribution is -2.37. The van der Waals surface area contributed by atoms with Gasteiger partial charge in [-0.15, -0.1) is 0 Å². The van der Waals surface area contributed by atoms with Crippen LogP contribution in [0.2, 0.25) is 0 Å². The van der Waals surface area contributed by atoms with E-state index in [9.17, 15) is 13.6 Å².